The Labute approximate surface area is 148 Å². The van der Waals surface area contributed by atoms with Gasteiger partial charge in [0.05, 0.1) is 0 Å². The van der Waals surface area contributed by atoms with Gasteiger partial charge in [-0.3, -0.25) is 0 Å². The second-order valence-electron chi connectivity index (χ2n) is 4.66. The Morgan fingerprint density at radius 2 is 1.78 bits per heavy atom. The van der Waals surface area contributed by atoms with Gasteiger partial charge in [0.1, 0.15) is 0 Å². The standard InChI is InChI=1S/C17H15NO2.2ClH.Ru/c1-3-16(19)18(15-11-7-8-13(2)12-15)17(20)14-9-5-4-6-10-14;;;/h2,4-12H,3H2,1H3;2*1H;/q;;;+2/p-2. The SMILES string of the molecule is CCC(=O)N(C(=O)c1ccccc1)c1cccc([CH]=[Ru]([Cl])[Cl])c1. The minimum absolute atomic E-state index is 0.231. The number of imide groups is 1. The average molecular weight is 437 g/mol. The van der Waals surface area contributed by atoms with Crippen molar-refractivity contribution in [3.63, 3.8) is 0 Å². The molecule has 0 aliphatic rings. The number of carbonyl (C=O) groups is 2. The maximum atomic E-state index is 12.7. The number of carbonyl (C=O) groups excluding carboxylic acids is 2. The molecule has 23 heavy (non-hydrogen) atoms. The molecule has 0 saturated carbocycles. The molecule has 0 radical (unpaired) electrons. The Hall–Kier alpha value is -1.35. The fraction of sp³-hybridized carbons (Fsp3) is 0.118. The van der Waals surface area contributed by atoms with Crippen LogP contribution in [0.5, 0.6) is 0 Å². The number of benzene rings is 2. The van der Waals surface area contributed by atoms with E-state index in [1.807, 2.05) is 12.1 Å². The first kappa shape index (κ1) is 18.0. The molecule has 2 amide bonds. The molecule has 2 aromatic rings. The molecule has 0 heterocycles. The van der Waals surface area contributed by atoms with Crippen molar-refractivity contribution in [3.05, 3.63) is 65.7 Å². The summed E-state index contributed by atoms with van der Waals surface area (Å²) in [6.45, 7) is 1.73. The van der Waals surface area contributed by atoms with E-state index in [2.05, 4.69) is 0 Å². The molecule has 0 bridgehead atoms. The summed E-state index contributed by atoms with van der Waals surface area (Å²) in [5, 5.41) is 0. The second-order valence-corrected chi connectivity index (χ2v) is 10.4. The van der Waals surface area contributed by atoms with Crippen LogP contribution >= 0.6 is 19.4 Å². The zero-order valence-corrected chi connectivity index (χ0v) is 15.6. The van der Waals surface area contributed by atoms with Crippen LogP contribution in [0, 0.1) is 0 Å². The fourth-order valence-corrected chi connectivity index (χ4v) is 3.86. The molecule has 0 aliphatic carbocycles. The number of hydrogen-bond acceptors (Lipinski definition) is 2. The van der Waals surface area contributed by atoms with Crippen LogP contribution in [0.1, 0.15) is 29.3 Å². The van der Waals surface area contributed by atoms with E-state index in [9.17, 15) is 9.59 Å². The van der Waals surface area contributed by atoms with Gasteiger partial charge in [-0.1, -0.05) is 0 Å². The van der Waals surface area contributed by atoms with Crippen LogP contribution in [0.4, 0.5) is 5.69 Å². The fourth-order valence-electron chi connectivity index (χ4n) is 2.06. The number of rotatable bonds is 4. The van der Waals surface area contributed by atoms with Gasteiger partial charge >= 0.3 is 149 Å². The van der Waals surface area contributed by atoms with E-state index in [-0.39, 0.29) is 18.2 Å². The van der Waals surface area contributed by atoms with E-state index in [4.69, 9.17) is 19.4 Å². The first-order chi connectivity index (χ1) is 11.0. The summed E-state index contributed by atoms with van der Waals surface area (Å²) in [5.74, 6) is -0.609. The summed E-state index contributed by atoms with van der Waals surface area (Å²) in [4.78, 5) is 26.2. The molecule has 0 N–H and O–H groups in total. The summed E-state index contributed by atoms with van der Waals surface area (Å²) >= 11 is -1.97. The topological polar surface area (TPSA) is 37.4 Å². The summed E-state index contributed by atoms with van der Waals surface area (Å²) in [7, 11) is 11.8. The Bertz CT molecular complexity index is 743. The number of nitrogens with zero attached hydrogens (tertiary/aromatic N) is 1. The number of amides is 2. The molecule has 0 saturated heterocycles. The summed E-state index contributed by atoms with van der Waals surface area (Å²) < 4.78 is 1.78. The molecule has 0 aromatic heterocycles. The van der Waals surface area contributed by atoms with Crippen LogP contribution in [0.25, 0.3) is 0 Å². The Morgan fingerprint density at radius 3 is 2.39 bits per heavy atom. The van der Waals surface area contributed by atoms with Gasteiger partial charge < -0.3 is 0 Å². The van der Waals surface area contributed by atoms with Crippen LogP contribution in [0.3, 0.4) is 0 Å². The van der Waals surface area contributed by atoms with Crippen molar-refractivity contribution in [1.82, 2.24) is 0 Å². The number of hydrogen-bond donors (Lipinski definition) is 0. The van der Waals surface area contributed by atoms with Crippen LogP contribution in [-0.2, 0) is 18.3 Å². The molecular weight excluding hydrogens is 422 g/mol. The van der Waals surface area contributed by atoms with Crippen molar-refractivity contribution in [1.29, 1.82) is 0 Å². The molecular formula is C17H15Cl2NO2Ru. The third-order valence-corrected chi connectivity index (χ3v) is 4.97. The van der Waals surface area contributed by atoms with Crippen LogP contribution in [0.2, 0.25) is 0 Å². The Morgan fingerprint density at radius 1 is 1.09 bits per heavy atom. The third-order valence-electron chi connectivity index (χ3n) is 3.10. The van der Waals surface area contributed by atoms with Gasteiger partial charge in [-0.25, -0.2) is 0 Å². The third kappa shape index (κ3) is 4.81. The van der Waals surface area contributed by atoms with E-state index in [1.165, 1.54) is 4.90 Å². The van der Waals surface area contributed by atoms with Crippen molar-refractivity contribution in [3.8, 4) is 0 Å². The van der Waals surface area contributed by atoms with E-state index in [0.29, 0.717) is 11.3 Å². The van der Waals surface area contributed by atoms with E-state index in [1.54, 1.807) is 54.0 Å². The second kappa shape index (κ2) is 8.49. The molecule has 0 unspecified atom stereocenters. The maximum absolute atomic E-state index is 12.7. The molecule has 2 rings (SSSR count). The summed E-state index contributed by atoms with van der Waals surface area (Å²) in [6.07, 6.45) is 0.231. The number of halogens is 2. The van der Waals surface area contributed by atoms with Gasteiger partial charge in [0.2, 0.25) is 0 Å². The van der Waals surface area contributed by atoms with Crippen molar-refractivity contribution in [2.45, 2.75) is 13.3 Å². The molecule has 3 nitrogen and oxygen atoms in total. The molecule has 2 aromatic carbocycles. The normalized spacial score (nSPS) is 10.8. The van der Waals surface area contributed by atoms with Gasteiger partial charge in [-0.15, -0.1) is 0 Å². The van der Waals surface area contributed by atoms with Crippen molar-refractivity contribution in [2.75, 3.05) is 4.90 Å². The van der Waals surface area contributed by atoms with Crippen molar-refractivity contribution >= 4 is 41.5 Å². The molecule has 0 atom stereocenters. The zero-order valence-electron chi connectivity index (χ0n) is 12.4. The summed E-state index contributed by atoms with van der Waals surface area (Å²) in [6, 6.07) is 15.8. The summed E-state index contributed by atoms with van der Waals surface area (Å²) in [5.41, 5.74) is 1.79. The quantitative estimate of drug-likeness (QED) is 0.668. The van der Waals surface area contributed by atoms with Crippen LogP contribution < -0.4 is 4.90 Å². The van der Waals surface area contributed by atoms with Gasteiger partial charge in [0.25, 0.3) is 0 Å². The molecule has 0 fully saturated rings. The predicted octanol–water partition coefficient (Wildman–Crippen LogP) is 4.35. The molecule has 0 aliphatic heterocycles. The van der Waals surface area contributed by atoms with Crippen molar-refractivity contribution in [2.24, 2.45) is 0 Å². The van der Waals surface area contributed by atoms with E-state index < -0.39 is 13.5 Å². The first-order valence-electron chi connectivity index (χ1n) is 6.88. The minimum atomic E-state index is -1.97. The predicted molar refractivity (Wildman–Crippen MR) is 91.9 cm³/mol. The van der Waals surface area contributed by atoms with Gasteiger partial charge in [-0.2, -0.15) is 0 Å². The van der Waals surface area contributed by atoms with E-state index in [0.717, 1.165) is 5.56 Å². The van der Waals surface area contributed by atoms with Crippen molar-refractivity contribution < 1.29 is 23.1 Å². The Balaban J connectivity index is 2.46. The van der Waals surface area contributed by atoms with Gasteiger partial charge in [0, 0.05) is 0 Å². The van der Waals surface area contributed by atoms with Crippen LogP contribution in [0.15, 0.2) is 54.6 Å². The van der Waals surface area contributed by atoms with Gasteiger partial charge in [0.15, 0.2) is 0 Å². The molecule has 122 valence electrons. The molecule has 0 spiro atoms. The average Bonchev–Trinajstić information content (AvgIpc) is 2.55. The number of anilines is 1. The zero-order chi connectivity index (χ0) is 16.8. The van der Waals surface area contributed by atoms with Crippen LogP contribution in [-0.4, -0.2) is 16.4 Å². The first-order valence-corrected chi connectivity index (χ1v) is 12.4. The van der Waals surface area contributed by atoms with Gasteiger partial charge in [-0.05, 0) is 0 Å². The van der Waals surface area contributed by atoms with E-state index >= 15 is 0 Å². The monoisotopic (exact) mass is 437 g/mol. The Kier molecular flexibility index (Phi) is 6.64. The molecule has 6 heteroatoms.